The molecule has 1 heterocycles. The van der Waals surface area contributed by atoms with Crippen molar-refractivity contribution in [1.29, 1.82) is 0 Å². The zero-order valence-electron chi connectivity index (χ0n) is 11.3. The molecule has 19 heavy (non-hydrogen) atoms. The van der Waals surface area contributed by atoms with Crippen molar-refractivity contribution in [3.63, 3.8) is 0 Å². The van der Waals surface area contributed by atoms with Gasteiger partial charge < -0.3 is 20.1 Å². The number of piperazine rings is 1. The molecule has 0 spiro atoms. The van der Waals surface area contributed by atoms with Gasteiger partial charge in [0.25, 0.3) is 0 Å². The van der Waals surface area contributed by atoms with E-state index in [1.165, 1.54) is 14.0 Å². The van der Waals surface area contributed by atoms with Gasteiger partial charge in [0.05, 0.1) is 7.11 Å². The summed E-state index contributed by atoms with van der Waals surface area (Å²) in [5.74, 6) is -0.651. The van der Waals surface area contributed by atoms with E-state index in [9.17, 15) is 9.90 Å². The second-order valence-electron chi connectivity index (χ2n) is 4.85. The van der Waals surface area contributed by atoms with Crippen LogP contribution in [0, 0.1) is 0 Å². The highest BCUT2D eigenvalue weighted by Gasteiger charge is 2.33. The minimum Gasteiger partial charge on any atom is -0.467 e. The van der Waals surface area contributed by atoms with E-state index in [1.54, 1.807) is 12.1 Å². The largest absolute Gasteiger partial charge is 0.467 e. The maximum absolute atomic E-state index is 11.5. The molecule has 1 aromatic carbocycles. The molecule has 1 aliphatic rings. The summed E-state index contributed by atoms with van der Waals surface area (Å²) in [5.41, 5.74) is 0.0423. The molecule has 5 heteroatoms. The second kappa shape index (κ2) is 5.59. The topological polar surface area (TPSA) is 61.8 Å². The fraction of sp³-hybridized carbons (Fsp3) is 0.500. The normalized spacial score (nSPS) is 18.8. The van der Waals surface area contributed by atoms with Crippen molar-refractivity contribution in [2.45, 2.75) is 12.5 Å². The first-order valence-electron chi connectivity index (χ1n) is 6.42. The molecule has 1 aliphatic heterocycles. The van der Waals surface area contributed by atoms with Gasteiger partial charge in [0.2, 0.25) is 0 Å². The number of hydrogen-bond acceptors (Lipinski definition) is 5. The van der Waals surface area contributed by atoms with Crippen LogP contribution in [-0.4, -0.2) is 44.4 Å². The Kier molecular flexibility index (Phi) is 4.07. The lowest BCUT2D eigenvalue weighted by Crippen LogP contribution is -2.43. The third kappa shape index (κ3) is 2.88. The molecule has 0 aliphatic carbocycles. The van der Waals surface area contributed by atoms with Crippen LogP contribution in [0.3, 0.4) is 0 Å². The van der Waals surface area contributed by atoms with Gasteiger partial charge in [-0.1, -0.05) is 12.1 Å². The Morgan fingerprint density at radius 3 is 2.42 bits per heavy atom. The van der Waals surface area contributed by atoms with Crippen LogP contribution in [0.2, 0.25) is 0 Å². The summed E-state index contributed by atoms with van der Waals surface area (Å²) in [6.07, 6.45) is 0. The van der Waals surface area contributed by atoms with Gasteiger partial charge >= 0.3 is 5.97 Å². The lowest BCUT2D eigenvalue weighted by atomic mass is 9.96. The van der Waals surface area contributed by atoms with Crippen molar-refractivity contribution in [3.05, 3.63) is 29.8 Å². The Morgan fingerprint density at radius 2 is 1.89 bits per heavy atom. The van der Waals surface area contributed by atoms with Crippen molar-refractivity contribution in [1.82, 2.24) is 5.32 Å². The van der Waals surface area contributed by atoms with Crippen LogP contribution in [-0.2, 0) is 15.1 Å². The maximum atomic E-state index is 11.5. The van der Waals surface area contributed by atoms with E-state index in [0.29, 0.717) is 5.56 Å². The number of carbonyl (C=O) groups is 1. The number of aliphatic hydroxyl groups is 1. The molecule has 104 valence electrons. The van der Waals surface area contributed by atoms with Crippen LogP contribution in [0.15, 0.2) is 24.3 Å². The fourth-order valence-electron chi connectivity index (χ4n) is 2.24. The summed E-state index contributed by atoms with van der Waals surface area (Å²) >= 11 is 0. The van der Waals surface area contributed by atoms with Gasteiger partial charge in [-0.25, -0.2) is 4.79 Å². The van der Waals surface area contributed by atoms with Crippen molar-refractivity contribution in [2.24, 2.45) is 0 Å². The number of ether oxygens (including phenoxy) is 1. The number of nitrogens with zero attached hydrogens (tertiary/aromatic N) is 1. The summed E-state index contributed by atoms with van der Waals surface area (Å²) in [6.45, 7) is 5.32. The molecular weight excluding hydrogens is 244 g/mol. The third-order valence-electron chi connectivity index (χ3n) is 3.49. The summed E-state index contributed by atoms with van der Waals surface area (Å²) in [7, 11) is 1.27. The highest BCUT2D eigenvalue weighted by molar-refractivity contribution is 5.80. The van der Waals surface area contributed by atoms with Gasteiger partial charge in [0, 0.05) is 31.9 Å². The number of carbonyl (C=O) groups excluding carboxylic acids is 1. The highest BCUT2D eigenvalue weighted by Crippen LogP contribution is 2.25. The molecule has 1 saturated heterocycles. The maximum Gasteiger partial charge on any atom is 0.342 e. The molecule has 5 nitrogen and oxygen atoms in total. The average molecular weight is 264 g/mol. The predicted molar refractivity (Wildman–Crippen MR) is 73.1 cm³/mol. The molecular formula is C14H20N2O3. The van der Waals surface area contributed by atoms with E-state index in [2.05, 4.69) is 15.0 Å². The van der Waals surface area contributed by atoms with E-state index < -0.39 is 11.6 Å². The van der Waals surface area contributed by atoms with Crippen LogP contribution in [0.5, 0.6) is 0 Å². The number of anilines is 1. The van der Waals surface area contributed by atoms with Gasteiger partial charge in [-0.15, -0.1) is 0 Å². The van der Waals surface area contributed by atoms with Gasteiger partial charge in [-0.2, -0.15) is 0 Å². The number of hydrogen-bond donors (Lipinski definition) is 2. The molecule has 0 amide bonds. The molecule has 1 unspecified atom stereocenters. The zero-order valence-corrected chi connectivity index (χ0v) is 11.3. The first kappa shape index (κ1) is 13.8. The molecule has 0 aromatic heterocycles. The fourth-order valence-corrected chi connectivity index (χ4v) is 2.24. The quantitative estimate of drug-likeness (QED) is 0.777. The average Bonchev–Trinajstić information content (AvgIpc) is 2.47. The van der Waals surface area contributed by atoms with E-state index in [0.717, 1.165) is 31.9 Å². The van der Waals surface area contributed by atoms with Crippen LogP contribution in [0.25, 0.3) is 0 Å². The molecule has 0 radical (unpaired) electrons. The first-order chi connectivity index (χ1) is 9.05. The summed E-state index contributed by atoms with van der Waals surface area (Å²) < 4.78 is 4.61. The SMILES string of the molecule is COC(=O)C(C)(O)c1ccc(N2CCNCC2)cc1. The van der Waals surface area contributed by atoms with Crippen LogP contribution in [0.4, 0.5) is 5.69 Å². The van der Waals surface area contributed by atoms with E-state index in [-0.39, 0.29) is 0 Å². The van der Waals surface area contributed by atoms with Gasteiger partial charge in [-0.05, 0) is 24.6 Å². The number of nitrogens with one attached hydrogen (secondary N) is 1. The summed E-state index contributed by atoms with van der Waals surface area (Å²) in [5, 5.41) is 13.5. The predicted octanol–water partition coefficient (Wildman–Crippen LogP) is 0.477. The monoisotopic (exact) mass is 264 g/mol. The Balaban J connectivity index is 2.15. The number of methoxy groups -OCH3 is 1. The molecule has 0 bridgehead atoms. The van der Waals surface area contributed by atoms with E-state index in [4.69, 9.17) is 0 Å². The Hall–Kier alpha value is -1.59. The molecule has 2 rings (SSSR count). The molecule has 2 N–H and O–H groups in total. The van der Waals surface area contributed by atoms with Crippen molar-refractivity contribution < 1.29 is 14.6 Å². The van der Waals surface area contributed by atoms with Crippen molar-refractivity contribution in [2.75, 3.05) is 38.2 Å². The molecule has 1 fully saturated rings. The van der Waals surface area contributed by atoms with Crippen molar-refractivity contribution >= 4 is 11.7 Å². The highest BCUT2D eigenvalue weighted by atomic mass is 16.5. The van der Waals surface area contributed by atoms with Gasteiger partial charge in [0.15, 0.2) is 5.60 Å². The second-order valence-corrected chi connectivity index (χ2v) is 4.85. The zero-order chi connectivity index (χ0) is 13.9. The Labute approximate surface area is 113 Å². The van der Waals surface area contributed by atoms with Crippen molar-refractivity contribution in [3.8, 4) is 0 Å². The standard InChI is InChI=1S/C14H20N2O3/c1-14(18,13(17)19-2)11-3-5-12(6-4-11)16-9-7-15-8-10-16/h3-6,15,18H,7-10H2,1-2H3. The summed E-state index contributed by atoms with van der Waals surface area (Å²) in [6, 6.07) is 7.40. The Bertz CT molecular complexity index is 437. The van der Waals surface area contributed by atoms with Gasteiger partial charge in [-0.3, -0.25) is 0 Å². The Morgan fingerprint density at radius 1 is 1.32 bits per heavy atom. The molecule has 1 atom stereocenters. The number of esters is 1. The van der Waals surface area contributed by atoms with E-state index >= 15 is 0 Å². The first-order valence-corrected chi connectivity index (χ1v) is 6.42. The van der Waals surface area contributed by atoms with E-state index in [1.807, 2.05) is 12.1 Å². The minimum absolute atomic E-state index is 0.540. The number of rotatable bonds is 3. The molecule has 0 saturated carbocycles. The van der Waals surface area contributed by atoms with Crippen LogP contribution >= 0.6 is 0 Å². The number of benzene rings is 1. The summed E-state index contributed by atoms with van der Waals surface area (Å²) in [4.78, 5) is 13.8. The lowest BCUT2D eigenvalue weighted by molar-refractivity contribution is -0.161. The van der Waals surface area contributed by atoms with Crippen LogP contribution in [0.1, 0.15) is 12.5 Å². The lowest BCUT2D eigenvalue weighted by Gasteiger charge is -2.30. The minimum atomic E-state index is -1.60. The smallest absolute Gasteiger partial charge is 0.342 e. The van der Waals surface area contributed by atoms with Crippen LogP contribution < -0.4 is 10.2 Å². The molecule has 1 aromatic rings. The third-order valence-corrected chi connectivity index (χ3v) is 3.49. The van der Waals surface area contributed by atoms with Gasteiger partial charge in [0.1, 0.15) is 0 Å².